The molecule has 1 rings (SSSR count). The Morgan fingerprint density at radius 2 is 2.00 bits per heavy atom. The average molecular weight is 205 g/mol. The van der Waals surface area contributed by atoms with Gasteiger partial charge in [0.2, 0.25) is 0 Å². The van der Waals surface area contributed by atoms with E-state index in [1.165, 1.54) is 0 Å². The molecule has 0 heterocycles. The Morgan fingerprint density at radius 1 is 1.40 bits per heavy atom. The van der Waals surface area contributed by atoms with Crippen LogP contribution in [-0.2, 0) is 0 Å². The van der Waals surface area contributed by atoms with Gasteiger partial charge in [-0.1, -0.05) is 18.2 Å². The fourth-order valence-corrected chi connectivity index (χ4v) is 1.56. The largest absolute Gasteiger partial charge is 0.387 e. The van der Waals surface area contributed by atoms with Crippen molar-refractivity contribution in [2.45, 2.75) is 26.3 Å². The van der Waals surface area contributed by atoms with E-state index < -0.39 is 5.54 Å². The van der Waals surface area contributed by atoms with Crippen molar-refractivity contribution in [3.63, 3.8) is 0 Å². The molecule has 0 radical (unpaired) electrons. The van der Waals surface area contributed by atoms with Gasteiger partial charge in [-0.25, -0.2) is 0 Å². The number of hydrogen-bond acceptors (Lipinski definition) is 3. The fraction of sp³-hybridized carbons (Fsp3) is 0.417. The zero-order valence-electron chi connectivity index (χ0n) is 9.81. The van der Waals surface area contributed by atoms with Gasteiger partial charge in [-0.3, -0.25) is 0 Å². The van der Waals surface area contributed by atoms with Gasteiger partial charge in [0.25, 0.3) is 0 Å². The minimum Gasteiger partial charge on any atom is -0.387 e. The van der Waals surface area contributed by atoms with E-state index in [2.05, 4.69) is 5.32 Å². The Labute approximate surface area is 91.2 Å². The topological polar surface area (TPSA) is 61.9 Å². The molecule has 0 saturated carbocycles. The molecular formula is C12H19N3. The van der Waals surface area contributed by atoms with Gasteiger partial charge < -0.3 is 16.5 Å². The van der Waals surface area contributed by atoms with Crippen molar-refractivity contribution in [3.8, 4) is 0 Å². The molecule has 0 aliphatic carbocycles. The molecule has 3 nitrogen and oxygen atoms in total. The number of rotatable bonds is 3. The number of nitrogens with two attached hydrogens (primary N) is 1. The monoisotopic (exact) mass is 205 g/mol. The lowest BCUT2D eigenvalue weighted by Gasteiger charge is -2.23. The minimum atomic E-state index is -0.612. The second-order valence-corrected chi connectivity index (χ2v) is 4.34. The van der Waals surface area contributed by atoms with Crippen LogP contribution in [0.4, 0.5) is 5.69 Å². The molecule has 1 aromatic carbocycles. The summed E-state index contributed by atoms with van der Waals surface area (Å²) in [7, 11) is 1.86. The lowest BCUT2D eigenvalue weighted by atomic mass is 9.91. The molecule has 0 aliphatic heterocycles. The van der Waals surface area contributed by atoms with Crippen LogP contribution in [0.3, 0.4) is 0 Å². The zero-order chi connectivity index (χ0) is 11.6. The van der Waals surface area contributed by atoms with Crippen LogP contribution >= 0.6 is 0 Å². The Hall–Kier alpha value is -1.35. The first-order chi connectivity index (χ1) is 6.88. The SMILES string of the molecule is CNc1c(C)cccc1C(=N)C(C)(C)N. The van der Waals surface area contributed by atoms with Crippen LogP contribution in [0.1, 0.15) is 25.0 Å². The maximum absolute atomic E-state index is 8.06. The summed E-state index contributed by atoms with van der Waals surface area (Å²) in [6.07, 6.45) is 0. The van der Waals surface area contributed by atoms with E-state index in [0.717, 1.165) is 16.8 Å². The Kier molecular flexibility index (Phi) is 3.15. The van der Waals surface area contributed by atoms with Gasteiger partial charge in [0, 0.05) is 18.3 Å². The molecule has 0 saturated heterocycles. The molecule has 0 fully saturated rings. The van der Waals surface area contributed by atoms with Crippen LogP contribution in [0.2, 0.25) is 0 Å². The maximum Gasteiger partial charge on any atom is 0.0600 e. The van der Waals surface area contributed by atoms with Gasteiger partial charge >= 0.3 is 0 Å². The van der Waals surface area contributed by atoms with Crippen LogP contribution in [0.25, 0.3) is 0 Å². The normalized spacial score (nSPS) is 11.3. The van der Waals surface area contributed by atoms with Gasteiger partial charge in [-0.15, -0.1) is 0 Å². The molecule has 0 spiro atoms. The summed E-state index contributed by atoms with van der Waals surface area (Å²) in [5.41, 5.74) is 8.77. The zero-order valence-corrected chi connectivity index (χ0v) is 9.81. The Balaban J connectivity index is 3.26. The maximum atomic E-state index is 8.06. The third-order valence-electron chi connectivity index (χ3n) is 2.44. The molecule has 3 heteroatoms. The van der Waals surface area contributed by atoms with E-state index in [4.69, 9.17) is 11.1 Å². The number of para-hydroxylation sites is 1. The van der Waals surface area contributed by atoms with Crippen molar-refractivity contribution >= 4 is 11.4 Å². The molecule has 4 N–H and O–H groups in total. The molecule has 1 aromatic rings. The molecular weight excluding hydrogens is 186 g/mol. The second-order valence-electron chi connectivity index (χ2n) is 4.34. The van der Waals surface area contributed by atoms with E-state index in [-0.39, 0.29) is 0 Å². The highest BCUT2D eigenvalue weighted by molar-refractivity contribution is 6.08. The summed E-state index contributed by atoms with van der Waals surface area (Å²) < 4.78 is 0. The van der Waals surface area contributed by atoms with Crippen molar-refractivity contribution in [2.24, 2.45) is 5.73 Å². The van der Waals surface area contributed by atoms with Crippen molar-refractivity contribution < 1.29 is 0 Å². The van der Waals surface area contributed by atoms with Crippen LogP contribution in [0.15, 0.2) is 18.2 Å². The van der Waals surface area contributed by atoms with Crippen LogP contribution in [0, 0.1) is 12.3 Å². The summed E-state index contributed by atoms with van der Waals surface area (Å²) in [6, 6.07) is 5.90. The second kappa shape index (κ2) is 4.03. The molecule has 82 valence electrons. The third kappa shape index (κ3) is 2.36. The van der Waals surface area contributed by atoms with Crippen molar-refractivity contribution in [1.29, 1.82) is 5.41 Å². The van der Waals surface area contributed by atoms with Gasteiger partial charge in [0.05, 0.1) is 11.3 Å². The average Bonchev–Trinajstić information content (AvgIpc) is 2.14. The van der Waals surface area contributed by atoms with Crippen molar-refractivity contribution in [2.75, 3.05) is 12.4 Å². The predicted octanol–water partition coefficient (Wildman–Crippen LogP) is 2.14. The summed E-state index contributed by atoms with van der Waals surface area (Å²) in [4.78, 5) is 0. The smallest absolute Gasteiger partial charge is 0.0600 e. The van der Waals surface area contributed by atoms with Crippen LogP contribution in [-0.4, -0.2) is 18.3 Å². The van der Waals surface area contributed by atoms with E-state index >= 15 is 0 Å². The lowest BCUT2D eigenvalue weighted by molar-refractivity contribution is 0.695. The Morgan fingerprint density at radius 3 is 2.47 bits per heavy atom. The first-order valence-electron chi connectivity index (χ1n) is 5.03. The molecule has 0 aromatic heterocycles. The highest BCUT2D eigenvalue weighted by atomic mass is 14.8. The van der Waals surface area contributed by atoms with Gasteiger partial charge in [0.1, 0.15) is 0 Å². The summed E-state index contributed by atoms with van der Waals surface area (Å²) >= 11 is 0. The summed E-state index contributed by atoms with van der Waals surface area (Å²) in [5.74, 6) is 0. The van der Waals surface area contributed by atoms with Gasteiger partial charge in [-0.2, -0.15) is 0 Å². The molecule has 0 bridgehead atoms. The third-order valence-corrected chi connectivity index (χ3v) is 2.44. The molecule has 0 unspecified atom stereocenters. The number of hydrogen-bond donors (Lipinski definition) is 3. The molecule has 0 atom stereocenters. The predicted molar refractivity (Wildman–Crippen MR) is 65.8 cm³/mol. The van der Waals surface area contributed by atoms with E-state index in [1.54, 1.807) is 0 Å². The summed E-state index contributed by atoms with van der Waals surface area (Å²) in [6.45, 7) is 5.71. The van der Waals surface area contributed by atoms with Crippen molar-refractivity contribution in [3.05, 3.63) is 29.3 Å². The first kappa shape index (κ1) is 11.7. The van der Waals surface area contributed by atoms with Crippen molar-refractivity contribution in [1.82, 2.24) is 0 Å². The Bertz CT molecular complexity index is 375. The fourth-order valence-electron chi connectivity index (χ4n) is 1.56. The standard InChI is InChI=1S/C12H19N3/c1-8-6-5-7-9(10(8)15-4)11(13)12(2,3)14/h5-7,13,15H,14H2,1-4H3. The van der Waals surface area contributed by atoms with Gasteiger partial charge in [0.15, 0.2) is 0 Å². The van der Waals surface area contributed by atoms with Crippen LogP contribution < -0.4 is 11.1 Å². The lowest BCUT2D eigenvalue weighted by Crippen LogP contribution is -2.41. The highest BCUT2D eigenvalue weighted by Gasteiger charge is 2.21. The van der Waals surface area contributed by atoms with E-state index in [1.807, 2.05) is 46.0 Å². The highest BCUT2D eigenvalue weighted by Crippen LogP contribution is 2.23. The number of aryl methyl sites for hydroxylation is 1. The first-order valence-corrected chi connectivity index (χ1v) is 5.03. The van der Waals surface area contributed by atoms with Gasteiger partial charge in [-0.05, 0) is 26.3 Å². The van der Waals surface area contributed by atoms with E-state index in [9.17, 15) is 0 Å². The minimum absolute atomic E-state index is 0.454. The molecule has 15 heavy (non-hydrogen) atoms. The van der Waals surface area contributed by atoms with E-state index in [0.29, 0.717) is 5.71 Å². The number of benzene rings is 1. The molecule has 0 aliphatic rings. The summed E-state index contributed by atoms with van der Waals surface area (Å²) in [5, 5.41) is 11.2. The quantitative estimate of drug-likeness (QED) is 0.662. The number of anilines is 1. The van der Waals surface area contributed by atoms with Crippen LogP contribution in [0.5, 0.6) is 0 Å². The number of nitrogens with one attached hydrogen (secondary N) is 2. The molecule has 0 amide bonds.